The van der Waals surface area contributed by atoms with E-state index in [1.54, 1.807) is 0 Å². The number of hydrogen-bond donors (Lipinski definition) is 0. The maximum atomic E-state index is 4.29. The van der Waals surface area contributed by atoms with Crippen molar-refractivity contribution in [2.24, 2.45) is 0 Å². The van der Waals surface area contributed by atoms with Crippen LogP contribution in [0, 0.1) is 13.8 Å². The summed E-state index contributed by atoms with van der Waals surface area (Å²) in [6.07, 6.45) is 6.54. The van der Waals surface area contributed by atoms with Crippen molar-refractivity contribution in [1.82, 2.24) is 14.8 Å². The molecule has 130 valence electrons. The number of likely N-dealkylation sites (tertiary alicyclic amines) is 1. The second-order valence-electron chi connectivity index (χ2n) is 6.89. The highest BCUT2D eigenvalue weighted by Crippen LogP contribution is 2.24. The molecule has 1 atom stereocenters. The highest BCUT2D eigenvalue weighted by molar-refractivity contribution is 7.12. The van der Waals surface area contributed by atoms with Crippen LogP contribution in [-0.4, -0.2) is 40.5 Å². The Hall–Kier alpha value is -1.23. The number of rotatable bonds is 7. The van der Waals surface area contributed by atoms with Gasteiger partial charge in [0.25, 0.3) is 0 Å². The summed E-state index contributed by atoms with van der Waals surface area (Å²) in [4.78, 5) is 12.4. The Morgan fingerprint density at radius 1 is 1.33 bits per heavy atom. The molecule has 1 saturated heterocycles. The van der Waals surface area contributed by atoms with Crippen LogP contribution in [0.1, 0.15) is 40.6 Å². The number of aromatic nitrogens is 1. The summed E-state index contributed by atoms with van der Waals surface area (Å²) in [7, 11) is 0. The summed E-state index contributed by atoms with van der Waals surface area (Å²) in [5.74, 6) is 0. The van der Waals surface area contributed by atoms with Gasteiger partial charge in [0, 0.05) is 47.8 Å². The van der Waals surface area contributed by atoms with E-state index in [0.29, 0.717) is 6.04 Å². The Bertz CT molecular complexity index is 638. The van der Waals surface area contributed by atoms with E-state index in [1.165, 1.54) is 46.8 Å². The summed E-state index contributed by atoms with van der Waals surface area (Å²) >= 11 is 1.92. The average molecular weight is 344 g/mol. The molecular weight excluding hydrogens is 314 g/mol. The van der Waals surface area contributed by atoms with Crippen molar-refractivity contribution >= 4 is 11.3 Å². The van der Waals surface area contributed by atoms with Crippen LogP contribution in [-0.2, 0) is 13.1 Å². The smallest absolute Gasteiger partial charge is 0.0312 e. The molecule has 0 aliphatic carbocycles. The topological polar surface area (TPSA) is 19.4 Å². The summed E-state index contributed by atoms with van der Waals surface area (Å²) in [5, 5.41) is 0. The van der Waals surface area contributed by atoms with Gasteiger partial charge < -0.3 is 0 Å². The normalized spacial score (nSPS) is 18.6. The SMILES string of the molecule is CCN1CCCC1CN(Cc1cccnc1)Cc1cc(C)sc1C. The number of thiophene rings is 1. The molecule has 0 N–H and O–H groups in total. The van der Waals surface area contributed by atoms with Gasteiger partial charge in [0.05, 0.1) is 0 Å². The van der Waals surface area contributed by atoms with Crippen molar-refractivity contribution in [3.63, 3.8) is 0 Å². The molecular formula is C20H29N3S. The third kappa shape index (κ3) is 4.44. The fraction of sp³-hybridized carbons (Fsp3) is 0.550. The largest absolute Gasteiger partial charge is 0.299 e. The quantitative estimate of drug-likeness (QED) is 0.749. The lowest BCUT2D eigenvalue weighted by atomic mass is 10.1. The van der Waals surface area contributed by atoms with Gasteiger partial charge in [-0.15, -0.1) is 11.3 Å². The number of nitrogens with zero attached hydrogens (tertiary/aromatic N) is 3. The van der Waals surface area contributed by atoms with E-state index in [1.807, 2.05) is 29.8 Å². The van der Waals surface area contributed by atoms with Gasteiger partial charge in [0.2, 0.25) is 0 Å². The van der Waals surface area contributed by atoms with E-state index in [4.69, 9.17) is 0 Å². The number of likely N-dealkylation sites (N-methyl/N-ethyl adjacent to an activating group) is 1. The summed E-state index contributed by atoms with van der Waals surface area (Å²) in [5.41, 5.74) is 2.80. The van der Waals surface area contributed by atoms with Gasteiger partial charge >= 0.3 is 0 Å². The lowest BCUT2D eigenvalue weighted by Gasteiger charge is -2.30. The van der Waals surface area contributed by atoms with E-state index >= 15 is 0 Å². The third-order valence-electron chi connectivity index (χ3n) is 5.04. The Balaban J connectivity index is 1.73. The van der Waals surface area contributed by atoms with Gasteiger partial charge in [-0.05, 0) is 63.0 Å². The van der Waals surface area contributed by atoms with Crippen molar-refractivity contribution in [2.45, 2.75) is 52.7 Å². The van der Waals surface area contributed by atoms with E-state index in [2.05, 4.69) is 47.7 Å². The molecule has 1 aliphatic heterocycles. The van der Waals surface area contributed by atoms with Crippen LogP contribution < -0.4 is 0 Å². The Labute approximate surface area is 150 Å². The molecule has 2 aromatic rings. The van der Waals surface area contributed by atoms with Gasteiger partial charge in [-0.3, -0.25) is 14.8 Å². The average Bonchev–Trinajstić information content (AvgIpc) is 3.14. The number of hydrogen-bond acceptors (Lipinski definition) is 4. The molecule has 2 aromatic heterocycles. The fourth-order valence-corrected chi connectivity index (χ4v) is 4.77. The minimum atomic E-state index is 0.701. The van der Waals surface area contributed by atoms with E-state index in [0.717, 1.165) is 19.6 Å². The van der Waals surface area contributed by atoms with Crippen molar-refractivity contribution < 1.29 is 0 Å². The van der Waals surface area contributed by atoms with Crippen molar-refractivity contribution in [3.8, 4) is 0 Å². The van der Waals surface area contributed by atoms with E-state index < -0.39 is 0 Å². The molecule has 0 aromatic carbocycles. The van der Waals surface area contributed by atoms with Crippen LogP contribution >= 0.6 is 11.3 Å². The standard InChI is InChI=1S/C20H29N3S/c1-4-23-10-6-8-20(23)15-22(13-18-7-5-9-21-12-18)14-19-11-16(2)24-17(19)3/h5,7,9,11-12,20H,4,6,8,10,13-15H2,1-3H3. The van der Waals surface area contributed by atoms with Gasteiger partial charge in [-0.25, -0.2) is 0 Å². The highest BCUT2D eigenvalue weighted by Gasteiger charge is 2.25. The zero-order chi connectivity index (χ0) is 16.9. The molecule has 1 aliphatic rings. The molecule has 1 unspecified atom stereocenters. The van der Waals surface area contributed by atoms with Crippen molar-refractivity contribution in [2.75, 3.05) is 19.6 Å². The van der Waals surface area contributed by atoms with E-state index in [-0.39, 0.29) is 0 Å². The van der Waals surface area contributed by atoms with Gasteiger partial charge in [0.15, 0.2) is 0 Å². The predicted octanol–water partition coefficient (Wildman–Crippen LogP) is 4.25. The minimum absolute atomic E-state index is 0.701. The zero-order valence-electron chi connectivity index (χ0n) is 15.2. The molecule has 3 rings (SSSR count). The molecule has 4 heteroatoms. The van der Waals surface area contributed by atoms with Gasteiger partial charge in [-0.1, -0.05) is 13.0 Å². The zero-order valence-corrected chi connectivity index (χ0v) is 16.0. The highest BCUT2D eigenvalue weighted by atomic mass is 32.1. The van der Waals surface area contributed by atoms with Crippen LogP contribution in [0.3, 0.4) is 0 Å². The van der Waals surface area contributed by atoms with Gasteiger partial charge in [-0.2, -0.15) is 0 Å². The Morgan fingerprint density at radius 2 is 2.21 bits per heavy atom. The van der Waals surface area contributed by atoms with Crippen LogP contribution in [0.2, 0.25) is 0 Å². The molecule has 0 saturated carbocycles. The van der Waals surface area contributed by atoms with E-state index in [9.17, 15) is 0 Å². The minimum Gasteiger partial charge on any atom is -0.299 e. The molecule has 3 nitrogen and oxygen atoms in total. The Kier molecular flexibility index (Phi) is 6.04. The maximum Gasteiger partial charge on any atom is 0.0312 e. The van der Waals surface area contributed by atoms with Crippen LogP contribution in [0.4, 0.5) is 0 Å². The molecule has 0 radical (unpaired) electrons. The third-order valence-corrected chi connectivity index (χ3v) is 6.05. The Morgan fingerprint density at radius 3 is 2.88 bits per heavy atom. The summed E-state index contributed by atoms with van der Waals surface area (Å²) in [6.45, 7) is 12.4. The first-order chi connectivity index (χ1) is 11.7. The monoisotopic (exact) mass is 343 g/mol. The first-order valence-electron chi connectivity index (χ1n) is 9.07. The summed E-state index contributed by atoms with van der Waals surface area (Å²) < 4.78 is 0. The number of pyridine rings is 1. The molecule has 0 spiro atoms. The van der Waals surface area contributed by atoms with Crippen molar-refractivity contribution in [1.29, 1.82) is 0 Å². The first-order valence-corrected chi connectivity index (χ1v) is 9.88. The van der Waals surface area contributed by atoms with Gasteiger partial charge in [0.1, 0.15) is 0 Å². The molecule has 0 amide bonds. The molecule has 3 heterocycles. The van der Waals surface area contributed by atoms with Crippen LogP contribution in [0.25, 0.3) is 0 Å². The predicted molar refractivity (Wildman–Crippen MR) is 102 cm³/mol. The molecule has 0 bridgehead atoms. The van der Waals surface area contributed by atoms with Crippen molar-refractivity contribution in [3.05, 3.63) is 51.5 Å². The molecule has 1 fully saturated rings. The first kappa shape index (κ1) is 17.6. The second kappa shape index (κ2) is 8.24. The second-order valence-corrected chi connectivity index (χ2v) is 8.35. The maximum absolute atomic E-state index is 4.29. The van der Waals surface area contributed by atoms with Crippen LogP contribution in [0.5, 0.6) is 0 Å². The number of aryl methyl sites for hydroxylation is 2. The lowest BCUT2D eigenvalue weighted by Crippen LogP contribution is -2.39. The van der Waals surface area contributed by atoms with Crippen LogP contribution in [0.15, 0.2) is 30.6 Å². The lowest BCUT2D eigenvalue weighted by molar-refractivity contribution is 0.166. The molecule has 24 heavy (non-hydrogen) atoms. The fourth-order valence-electron chi connectivity index (χ4n) is 3.83. The summed E-state index contributed by atoms with van der Waals surface area (Å²) in [6, 6.07) is 7.30.